The van der Waals surface area contributed by atoms with Gasteiger partial charge in [0.1, 0.15) is 12.4 Å². The summed E-state index contributed by atoms with van der Waals surface area (Å²) < 4.78 is 5.44. The standard InChI is InChI=1S/C22H27N3O2/c26-10-11-27-21-6-3-17(4-7-21)15-25-9-1-2-19(16-25)12-18-5-8-22-20(13-18)14-23-24-22/h3-8,13-14,19,26H,1-2,9-12,15-16H2,(H,23,24). The second kappa shape index (κ2) is 8.55. The summed E-state index contributed by atoms with van der Waals surface area (Å²) in [5, 5.41) is 17.2. The van der Waals surface area contributed by atoms with Crippen molar-refractivity contribution in [3.63, 3.8) is 0 Å². The van der Waals surface area contributed by atoms with Crippen LogP contribution in [0.2, 0.25) is 0 Å². The number of nitrogens with zero attached hydrogens (tertiary/aromatic N) is 2. The molecule has 1 fully saturated rings. The fraction of sp³-hybridized carbons (Fsp3) is 0.409. The maximum absolute atomic E-state index is 8.83. The second-order valence-corrected chi connectivity index (χ2v) is 7.46. The SMILES string of the molecule is OCCOc1ccc(CN2CCCC(Cc3ccc4[nH]ncc4c3)C2)cc1. The number of aliphatic hydroxyl groups excluding tert-OH is 1. The number of H-pyrrole nitrogens is 1. The van der Waals surface area contributed by atoms with Crippen molar-refractivity contribution in [3.8, 4) is 5.75 Å². The molecule has 1 aliphatic rings. The Kier molecular flexibility index (Phi) is 5.70. The van der Waals surface area contributed by atoms with Gasteiger partial charge in [-0.05, 0) is 67.1 Å². The van der Waals surface area contributed by atoms with Gasteiger partial charge in [-0.25, -0.2) is 0 Å². The number of hydrogen-bond acceptors (Lipinski definition) is 4. The lowest BCUT2D eigenvalue weighted by Crippen LogP contribution is -2.35. The minimum atomic E-state index is 0.0461. The first-order valence-electron chi connectivity index (χ1n) is 9.77. The van der Waals surface area contributed by atoms with Crippen molar-refractivity contribution in [2.45, 2.75) is 25.8 Å². The van der Waals surface area contributed by atoms with E-state index < -0.39 is 0 Å². The Labute approximate surface area is 160 Å². The van der Waals surface area contributed by atoms with Crippen LogP contribution in [0.1, 0.15) is 24.0 Å². The van der Waals surface area contributed by atoms with Crippen molar-refractivity contribution in [1.29, 1.82) is 0 Å². The van der Waals surface area contributed by atoms with E-state index in [9.17, 15) is 0 Å². The van der Waals surface area contributed by atoms with Gasteiger partial charge in [-0.2, -0.15) is 5.10 Å². The largest absolute Gasteiger partial charge is 0.491 e. The van der Waals surface area contributed by atoms with Gasteiger partial charge in [-0.15, -0.1) is 0 Å². The molecule has 0 radical (unpaired) electrons. The molecule has 142 valence electrons. The molecule has 0 saturated carbocycles. The van der Waals surface area contributed by atoms with E-state index in [-0.39, 0.29) is 6.61 Å². The van der Waals surface area contributed by atoms with Crippen molar-refractivity contribution >= 4 is 10.9 Å². The zero-order chi connectivity index (χ0) is 18.5. The summed E-state index contributed by atoms with van der Waals surface area (Å²) in [5.74, 6) is 1.52. The van der Waals surface area contributed by atoms with E-state index in [1.54, 1.807) is 0 Å². The van der Waals surface area contributed by atoms with Gasteiger partial charge in [0.15, 0.2) is 0 Å². The molecular weight excluding hydrogens is 338 g/mol. The topological polar surface area (TPSA) is 61.4 Å². The monoisotopic (exact) mass is 365 g/mol. The number of likely N-dealkylation sites (tertiary alicyclic amines) is 1. The number of piperidine rings is 1. The summed E-state index contributed by atoms with van der Waals surface area (Å²) >= 11 is 0. The first kappa shape index (κ1) is 18.0. The molecule has 1 aliphatic heterocycles. The molecule has 1 unspecified atom stereocenters. The van der Waals surface area contributed by atoms with Crippen LogP contribution in [-0.4, -0.2) is 46.5 Å². The zero-order valence-corrected chi connectivity index (χ0v) is 15.6. The van der Waals surface area contributed by atoms with Crippen LogP contribution in [-0.2, 0) is 13.0 Å². The number of fused-ring (bicyclic) bond motifs is 1. The van der Waals surface area contributed by atoms with Crippen LogP contribution < -0.4 is 4.74 Å². The predicted molar refractivity (Wildman–Crippen MR) is 107 cm³/mol. The van der Waals surface area contributed by atoms with Gasteiger partial charge in [0, 0.05) is 18.5 Å². The molecule has 1 aromatic heterocycles. The second-order valence-electron chi connectivity index (χ2n) is 7.46. The lowest BCUT2D eigenvalue weighted by atomic mass is 9.90. The van der Waals surface area contributed by atoms with E-state index in [1.165, 1.54) is 35.9 Å². The Hall–Kier alpha value is -2.37. The quantitative estimate of drug-likeness (QED) is 0.674. The van der Waals surface area contributed by atoms with Crippen molar-refractivity contribution < 1.29 is 9.84 Å². The number of aliphatic hydroxyl groups is 1. The van der Waals surface area contributed by atoms with Crippen molar-refractivity contribution in [3.05, 3.63) is 59.8 Å². The molecule has 2 N–H and O–H groups in total. The molecule has 2 aromatic carbocycles. The van der Waals surface area contributed by atoms with Gasteiger partial charge < -0.3 is 9.84 Å². The first-order chi connectivity index (χ1) is 13.3. The highest BCUT2D eigenvalue weighted by Crippen LogP contribution is 2.24. The van der Waals surface area contributed by atoms with E-state index in [2.05, 4.69) is 45.4 Å². The molecule has 5 nitrogen and oxygen atoms in total. The minimum absolute atomic E-state index is 0.0461. The molecular formula is C22H27N3O2. The number of benzene rings is 2. The highest BCUT2D eigenvalue weighted by Gasteiger charge is 2.20. The number of aromatic nitrogens is 2. The summed E-state index contributed by atoms with van der Waals surface area (Å²) in [6.45, 7) is 3.69. The lowest BCUT2D eigenvalue weighted by molar-refractivity contribution is 0.167. The average Bonchev–Trinajstić information content (AvgIpc) is 3.16. The molecule has 3 aromatic rings. The lowest BCUT2D eigenvalue weighted by Gasteiger charge is -2.33. The number of aromatic amines is 1. The van der Waals surface area contributed by atoms with E-state index in [4.69, 9.17) is 9.84 Å². The molecule has 0 amide bonds. The smallest absolute Gasteiger partial charge is 0.119 e. The normalized spacial score (nSPS) is 18.0. The average molecular weight is 365 g/mol. The summed E-state index contributed by atoms with van der Waals surface area (Å²) in [5.41, 5.74) is 3.82. The Morgan fingerprint density at radius 2 is 2.00 bits per heavy atom. The van der Waals surface area contributed by atoms with Gasteiger partial charge in [0.25, 0.3) is 0 Å². The van der Waals surface area contributed by atoms with Gasteiger partial charge in [0.2, 0.25) is 0 Å². The fourth-order valence-electron chi connectivity index (χ4n) is 4.03. The van der Waals surface area contributed by atoms with E-state index in [0.29, 0.717) is 12.5 Å². The summed E-state index contributed by atoms with van der Waals surface area (Å²) in [6, 6.07) is 14.9. The van der Waals surface area contributed by atoms with Crippen LogP contribution in [0.4, 0.5) is 0 Å². The summed E-state index contributed by atoms with van der Waals surface area (Å²) in [4.78, 5) is 2.56. The third-order valence-corrected chi connectivity index (χ3v) is 5.32. The van der Waals surface area contributed by atoms with E-state index in [1.807, 2.05) is 18.3 Å². The zero-order valence-electron chi connectivity index (χ0n) is 15.6. The Bertz CT molecular complexity index is 859. The molecule has 1 saturated heterocycles. The van der Waals surface area contributed by atoms with Crippen LogP contribution >= 0.6 is 0 Å². The van der Waals surface area contributed by atoms with Crippen LogP contribution in [0, 0.1) is 5.92 Å². The van der Waals surface area contributed by atoms with Gasteiger partial charge in [0.05, 0.1) is 18.3 Å². The Morgan fingerprint density at radius 1 is 1.15 bits per heavy atom. The fourth-order valence-corrected chi connectivity index (χ4v) is 4.03. The van der Waals surface area contributed by atoms with E-state index >= 15 is 0 Å². The molecule has 4 rings (SSSR count). The summed E-state index contributed by atoms with van der Waals surface area (Å²) in [6.07, 6.45) is 5.59. The third-order valence-electron chi connectivity index (χ3n) is 5.32. The van der Waals surface area contributed by atoms with Gasteiger partial charge in [-0.1, -0.05) is 18.2 Å². The predicted octanol–water partition coefficient (Wildman–Crippen LogP) is 3.39. The van der Waals surface area contributed by atoms with Crippen LogP contribution in [0.25, 0.3) is 10.9 Å². The number of hydrogen-bond donors (Lipinski definition) is 2. The molecule has 1 atom stereocenters. The van der Waals surface area contributed by atoms with Crippen molar-refractivity contribution in [2.24, 2.45) is 5.92 Å². The maximum atomic E-state index is 8.83. The van der Waals surface area contributed by atoms with Crippen molar-refractivity contribution in [2.75, 3.05) is 26.3 Å². The molecule has 27 heavy (non-hydrogen) atoms. The maximum Gasteiger partial charge on any atom is 0.119 e. The molecule has 0 spiro atoms. The summed E-state index contributed by atoms with van der Waals surface area (Å²) in [7, 11) is 0. The van der Waals surface area contributed by atoms with Crippen LogP contribution in [0.15, 0.2) is 48.7 Å². The minimum Gasteiger partial charge on any atom is -0.491 e. The number of ether oxygens (including phenoxy) is 1. The van der Waals surface area contributed by atoms with Gasteiger partial charge in [-0.3, -0.25) is 10.00 Å². The molecule has 2 heterocycles. The molecule has 0 bridgehead atoms. The molecule has 0 aliphatic carbocycles. The van der Waals surface area contributed by atoms with Crippen molar-refractivity contribution in [1.82, 2.24) is 15.1 Å². The Morgan fingerprint density at radius 3 is 2.85 bits per heavy atom. The number of nitrogens with one attached hydrogen (secondary N) is 1. The Balaban J connectivity index is 1.33. The van der Waals surface area contributed by atoms with Crippen LogP contribution in [0.5, 0.6) is 5.75 Å². The first-order valence-corrected chi connectivity index (χ1v) is 9.77. The van der Waals surface area contributed by atoms with E-state index in [0.717, 1.165) is 30.8 Å². The van der Waals surface area contributed by atoms with Gasteiger partial charge >= 0.3 is 0 Å². The molecule has 5 heteroatoms. The van der Waals surface area contributed by atoms with Crippen LogP contribution in [0.3, 0.4) is 0 Å². The highest BCUT2D eigenvalue weighted by atomic mass is 16.5. The highest BCUT2D eigenvalue weighted by molar-refractivity contribution is 5.78. The third kappa shape index (κ3) is 4.67. The number of rotatable bonds is 7.